The van der Waals surface area contributed by atoms with Crippen molar-refractivity contribution in [3.63, 3.8) is 0 Å². The van der Waals surface area contributed by atoms with Crippen LogP contribution in [0.2, 0.25) is 0 Å². The van der Waals surface area contributed by atoms with Gasteiger partial charge in [0.25, 0.3) is 0 Å². The highest BCUT2D eigenvalue weighted by Crippen LogP contribution is 2.28. The third-order valence-electron chi connectivity index (χ3n) is 3.02. The molecule has 1 heterocycles. The summed E-state index contributed by atoms with van der Waals surface area (Å²) >= 11 is 0. The lowest BCUT2D eigenvalue weighted by molar-refractivity contribution is 0.297. The Morgan fingerprint density at radius 1 is 1.25 bits per heavy atom. The minimum Gasteiger partial charge on any atom is -0.493 e. The summed E-state index contributed by atoms with van der Waals surface area (Å²) in [5, 5.41) is 7.25. The smallest absolute Gasteiger partial charge is 0.161 e. The van der Waals surface area contributed by atoms with Crippen molar-refractivity contribution >= 4 is 0 Å². The van der Waals surface area contributed by atoms with Gasteiger partial charge in [0.2, 0.25) is 0 Å². The zero-order valence-corrected chi connectivity index (χ0v) is 12.2. The van der Waals surface area contributed by atoms with Crippen LogP contribution >= 0.6 is 0 Å². The normalized spacial score (nSPS) is 10.6. The Hall–Kier alpha value is -2.01. The summed E-state index contributed by atoms with van der Waals surface area (Å²) < 4.78 is 13.0. The molecule has 0 amide bonds. The molecular formula is C15H21N3O2. The van der Waals surface area contributed by atoms with Crippen LogP contribution in [0.5, 0.6) is 11.5 Å². The largest absolute Gasteiger partial charge is 0.493 e. The van der Waals surface area contributed by atoms with Gasteiger partial charge in [-0.1, -0.05) is 6.07 Å². The van der Waals surface area contributed by atoms with Gasteiger partial charge < -0.3 is 14.8 Å². The summed E-state index contributed by atoms with van der Waals surface area (Å²) in [4.78, 5) is 0. The second-order valence-corrected chi connectivity index (χ2v) is 4.64. The van der Waals surface area contributed by atoms with Crippen LogP contribution in [-0.2, 0) is 20.0 Å². The second-order valence-electron chi connectivity index (χ2n) is 4.64. The maximum Gasteiger partial charge on any atom is 0.161 e. The molecule has 2 aromatic rings. The van der Waals surface area contributed by atoms with Crippen molar-refractivity contribution in [2.75, 3.05) is 20.8 Å². The van der Waals surface area contributed by atoms with E-state index in [1.54, 1.807) is 11.8 Å². The number of aryl methyl sites for hydroxylation is 1. The Kier molecular flexibility index (Phi) is 5.01. The van der Waals surface area contributed by atoms with E-state index in [0.717, 1.165) is 24.5 Å². The molecule has 0 aliphatic carbocycles. The highest BCUT2D eigenvalue weighted by molar-refractivity contribution is 5.43. The number of aromatic nitrogens is 2. The highest BCUT2D eigenvalue weighted by Gasteiger charge is 2.06. The van der Waals surface area contributed by atoms with E-state index in [4.69, 9.17) is 9.47 Å². The van der Waals surface area contributed by atoms with Crippen molar-refractivity contribution in [3.05, 3.63) is 41.7 Å². The fourth-order valence-corrected chi connectivity index (χ4v) is 2.03. The summed E-state index contributed by atoms with van der Waals surface area (Å²) in [6, 6.07) is 5.99. The molecule has 0 radical (unpaired) electrons. The molecule has 5 nitrogen and oxygen atoms in total. The van der Waals surface area contributed by atoms with Gasteiger partial charge >= 0.3 is 0 Å². The Morgan fingerprint density at radius 3 is 2.75 bits per heavy atom. The summed E-state index contributed by atoms with van der Waals surface area (Å²) in [6.07, 6.45) is 4.68. The van der Waals surface area contributed by atoms with Gasteiger partial charge in [0, 0.05) is 26.2 Å². The predicted molar refractivity (Wildman–Crippen MR) is 78.2 cm³/mol. The van der Waals surface area contributed by atoms with E-state index >= 15 is 0 Å². The Labute approximate surface area is 119 Å². The zero-order chi connectivity index (χ0) is 14.4. The van der Waals surface area contributed by atoms with Crippen LogP contribution in [0.25, 0.3) is 0 Å². The van der Waals surface area contributed by atoms with E-state index in [1.165, 1.54) is 11.1 Å². The highest BCUT2D eigenvalue weighted by atomic mass is 16.5. The van der Waals surface area contributed by atoms with Gasteiger partial charge in [-0.25, -0.2) is 0 Å². The van der Waals surface area contributed by atoms with E-state index in [2.05, 4.69) is 10.4 Å². The van der Waals surface area contributed by atoms with Crippen molar-refractivity contribution < 1.29 is 9.47 Å². The molecule has 0 spiro atoms. The minimum absolute atomic E-state index is 0.605. The molecular weight excluding hydrogens is 254 g/mol. The van der Waals surface area contributed by atoms with Gasteiger partial charge in [-0.3, -0.25) is 4.68 Å². The number of methoxy groups -OCH3 is 1. The van der Waals surface area contributed by atoms with Crippen LogP contribution in [0.1, 0.15) is 11.1 Å². The Morgan fingerprint density at radius 2 is 2.10 bits per heavy atom. The molecule has 0 aliphatic rings. The van der Waals surface area contributed by atoms with Crippen LogP contribution in [0, 0.1) is 0 Å². The van der Waals surface area contributed by atoms with Crippen LogP contribution in [0.3, 0.4) is 0 Å². The van der Waals surface area contributed by atoms with Gasteiger partial charge in [-0.15, -0.1) is 0 Å². The molecule has 0 unspecified atom stereocenters. The summed E-state index contributed by atoms with van der Waals surface area (Å²) in [6.45, 7) is 1.42. The van der Waals surface area contributed by atoms with E-state index in [1.807, 2.05) is 44.7 Å². The zero-order valence-electron chi connectivity index (χ0n) is 12.2. The van der Waals surface area contributed by atoms with E-state index in [0.29, 0.717) is 6.61 Å². The van der Waals surface area contributed by atoms with Crippen molar-refractivity contribution in [1.29, 1.82) is 0 Å². The third kappa shape index (κ3) is 3.74. The number of ether oxygens (including phenoxy) is 2. The summed E-state index contributed by atoms with van der Waals surface area (Å²) in [7, 11) is 5.49. The first-order valence-corrected chi connectivity index (χ1v) is 6.64. The predicted octanol–water partition coefficient (Wildman–Crippen LogP) is 1.77. The number of nitrogens with zero attached hydrogens (tertiary/aromatic N) is 2. The molecule has 0 bridgehead atoms. The first kappa shape index (κ1) is 14.4. The molecule has 0 fully saturated rings. The average molecular weight is 275 g/mol. The van der Waals surface area contributed by atoms with Gasteiger partial charge in [0.05, 0.1) is 19.9 Å². The van der Waals surface area contributed by atoms with E-state index in [-0.39, 0.29) is 0 Å². The van der Waals surface area contributed by atoms with Gasteiger partial charge in [-0.05, 0) is 30.3 Å². The van der Waals surface area contributed by atoms with Crippen LogP contribution in [0.15, 0.2) is 30.6 Å². The van der Waals surface area contributed by atoms with Crippen molar-refractivity contribution in [3.8, 4) is 11.5 Å². The van der Waals surface area contributed by atoms with Crippen LogP contribution < -0.4 is 14.8 Å². The Bertz CT molecular complexity index is 552. The van der Waals surface area contributed by atoms with Crippen LogP contribution in [-0.4, -0.2) is 30.5 Å². The SMILES string of the molecule is CNCc1ccc(OCCc2cnn(C)c2)c(OC)c1. The van der Waals surface area contributed by atoms with Crippen molar-refractivity contribution in [1.82, 2.24) is 15.1 Å². The lowest BCUT2D eigenvalue weighted by Gasteiger charge is -2.12. The second kappa shape index (κ2) is 6.96. The minimum atomic E-state index is 0.605. The maximum absolute atomic E-state index is 5.79. The topological polar surface area (TPSA) is 48.3 Å². The van der Waals surface area contributed by atoms with Crippen molar-refractivity contribution in [2.45, 2.75) is 13.0 Å². The molecule has 20 heavy (non-hydrogen) atoms. The quantitative estimate of drug-likeness (QED) is 0.836. The first-order valence-electron chi connectivity index (χ1n) is 6.64. The lowest BCUT2D eigenvalue weighted by Crippen LogP contribution is -2.06. The Balaban J connectivity index is 1.94. The van der Waals surface area contributed by atoms with E-state index in [9.17, 15) is 0 Å². The molecule has 1 aromatic carbocycles. The molecule has 1 N–H and O–H groups in total. The lowest BCUT2D eigenvalue weighted by atomic mass is 10.2. The first-order chi connectivity index (χ1) is 9.72. The molecule has 0 atom stereocenters. The summed E-state index contributed by atoms with van der Waals surface area (Å²) in [5.41, 5.74) is 2.34. The molecule has 0 aliphatic heterocycles. The molecule has 1 aromatic heterocycles. The molecule has 108 valence electrons. The number of hydrogen-bond donors (Lipinski definition) is 1. The van der Waals surface area contributed by atoms with Gasteiger partial charge in [-0.2, -0.15) is 5.10 Å². The molecule has 5 heteroatoms. The third-order valence-corrected chi connectivity index (χ3v) is 3.02. The van der Waals surface area contributed by atoms with Gasteiger partial charge in [0.1, 0.15) is 0 Å². The number of rotatable bonds is 7. The number of benzene rings is 1. The standard InChI is InChI=1S/C15H21N3O2/c1-16-9-12-4-5-14(15(8-12)19-3)20-7-6-13-10-17-18(2)11-13/h4-5,8,10-11,16H,6-7,9H2,1-3H3. The number of nitrogens with one attached hydrogen (secondary N) is 1. The summed E-state index contributed by atoms with van der Waals surface area (Å²) in [5.74, 6) is 1.54. The number of hydrogen-bond acceptors (Lipinski definition) is 4. The monoisotopic (exact) mass is 275 g/mol. The molecule has 0 saturated heterocycles. The van der Waals surface area contributed by atoms with Crippen molar-refractivity contribution in [2.24, 2.45) is 7.05 Å². The van der Waals surface area contributed by atoms with Gasteiger partial charge in [0.15, 0.2) is 11.5 Å². The molecule has 2 rings (SSSR count). The molecule has 0 saturated carbocycles. The fourth-order valence-electron chi connectivity index (χ4n) is 2.03. The fraction of sp³-hybridized carbons (Fsp3) is 0.400. The average Bonchev–Trinajstić information content (AvgIpc) is 2.86. The maximum atomic E-state index is 5.79. The van der Waals surface area contributed by atoms with E-state index < -0.39 is 0 Å². The van der Waals surface area contributed by atoms with Crippen LogP contribution in [0.4, 0.5) is 0 Å².